The Kier molecular flexibility index (Phi) is 5.49. The van der Waals surface area contributed by atoms with Gasteiger partial charge in [0.05, 0.1) is 4.75 Å². The third-order valence-electron chi connectivity index (χ3n) is 6.30. The summed E-state index contributed by atoms with van der Waals surface area (Å²) < 4.78 is 26.8. The van der Waals surface area contributed by atoms with Gasteiger partial charge in [0.25, 0.3) is 0 Å². The Bertz CT molecular complexity index is 1060. The molecule has 2 aliphatic rings. The van der Waals surface area contributed by atoms with Crippen LogP contribution < -0.4 is 10.0 Å². The van der Waals surface area contributed by atoms with E-state index in [1.54, 1.807) is 20.8 Å². The lowest BCUT2D eigenvalue weighted by molar-refractivity contribution is 0.104. The van der Waals surface area contributed by atoms with E-state index in [1.807, 2.05) is 42.5 Å². The molecule has 1 fully saturated rings. The van der Waals surface area contributed by atoms with Crippen LogP contribution in [0.5, 0.6) is 0 Å². The Hall–Kier alpha value is -2.18. The molecule has 30 heavy (non-hydrogen) atoms. The second kappa shape index (κ2) is 7.82. The maximum Gasteiger partial charge on any atom is 0.216 e. The molecule has 160 valence electrons. The molecule has 0 spiro atoms. The Morgan fingerprint density at radius 3 is 2.20 bits per heavy atom. The van der Waals surface area contributed by atoms with Gasteiger partial charge in [0.15, 0.2) is 5.78 Å². The molecule has 0 saturated heterocycles. The average Bonchev–Trinajstić information content (AvgIpc) is 2.99. The highest BCUT2D eigenvalue weighted by molar-refractivity contribution is 7.90. The summed E-state index contributed by atoms with van der Waals surface area (Å²) in [5.41, 5.74) is 4.53. The van der Waals surface area contributed by atoms with Crippen LogP contribution in [0.3, 0.4) is 0 Å². The first-order valence-electron chi connectivity index (χ1n) is 10.7. The SMILES string of the molecule is CC(C)(C)S(=O)(=O)N[C@H]1CC[C@H](CNc2ccc3c(c2)C(=O)c2ccccc2-3)CC1. The molecular weight excluding hydrogens is 396 g/mol. The molecule has 0 aliphatic heterocycles. The average molecular weight is 427 g/mol. The topological polar surface area (TPSA) is 75.3 Å². The molecule has 0 atom stereocenters. The third-order valence-corrected chi connectivity index (χ3v) is 8.55. The third kappa shape index (κ3) is 4.03. The van der Waals surface area contributed by atoms with Gasteiger partial charge in [-0.2, -0.15) is 0 Å². The Morgan fingerprint density at radius 2 is 1.53 bits per heavy atom. The molecule has 2 aromatic rings. The maximum atomic E-state index is 12.7. The molecule has 0 amide bonds. The van der Waals surface area contributed by atoms with Gasteiger partial charge < -0.3 is 5.32 Å². The molecular formula is C24H30N2O3S. The summed E-state index contributed by atoms with van der Waals surface area (Å²) >= 11 is 0. The predicted molar refractivity (Wildman–Crippen MR) is 121 cm³/mol. The summed E-state index contributed by atoms with van der Waals surface area (Å²) in [5, 5.41) is 3.49. The van der Waals surface area contributed by atoms with Crippen molar-refractivity contribution in [2.75, 3.05) is 11.9 Å². The van der Waals surface area contributed by atoms with Gasteiger partial charge in [-0.25, -0.2) is 13.1 Å². The summed E-state index contributed by atoms with van der Waals surface area (Å²) in [6, 6.07) is 13.8. The van der Waals surface area contributed by atoms with Crippen LogP contribution in [0.4, 0.5) is 5.69 Å². The number of benzene rings is 2. The molecule has 4 rings (SSSR count). The van der Waals surface area contributed by atoms with E-state index in [0.29, 0.717) is 5.92 Å². The van der Waals surface area contributed by atoms with Gasteiger partial charge in [-0.1, -0.05) is 30.3 Å². The van der Waals surface area contributed by atoms with Gasteiger partial charge >= 0.3 is 0 Å². The number of rotatable bonds is 5. The number of hydrogen-bond acceptors (Lipinski definition) is 4. The van der Waals surface area contributed by atoms with E-state index in [-0.39, 0.29) is 11.8 Å². The molecule has 6 heteroatoms. The van der Waals surface area contributed by atoms with Crippen LogP contribution in [0.15, 0.2) is 42.5 Å². The number of carbonyl (C=O) groups is 1. The van der Waals surface area contributed by atoms with Crippen LogP contribution in [-0.4, -0.2) is 31.5 Å². The van der Waals surface area contributed by atoms with Crippen LogP contribution in [0, 0.1) is 5.92 Å². The standard InChI is InChI=1S/C24H30N2O3S/c1-24(2,3)30(28,29)26-17-10-8-16(9-11-17)15-25-18-12-13-20-19-6-4-5-7-21(19)23(27)22(20)14-18/h4-7,12-14,16-17,25-26H,8-11,15H2,1-3H3/t16-,17-. The lowest BCUT2D eigenvalue weighted by atomic mass is 9.86. The minimum Gasteiger partial charge on any atom is -0.385 e. The summed E-state index contributed by atoms with van der Waals surface area (Å²) in [6.45, 7) is 6.01. The van der Waals surface area contributed by atoms with Crippen molar-refractivity contribution in [1.82, 2.24) is 4.72 Å². The Morgan fingerprint density at radius 1 is 0.900 bits per heavy atom. The molecule has 0 heterocycles. The highest BCUT2D eigenvalue weighted by atomic mass is 32.2. The summed E-state index contributed by atoms with van der Waals surface area (Å²) in [6.07, 6.45) is 3.69. The molecule has 0 unspecified atom stereocenters. The zero-order chi connectivity index (χ0) is 21.5. The van der Waals surface area contributed by atoms with Crippen molar-refractivity contribution in [3.63, 3.8) is 0 Å². The van der Waals surface area contributed by atoms with E-state index in [0.717, 1.165) is 60.2 Å². The van der Waals surface area contributed by atoms with E-state index in [9.17, 15) is 13.2 Å². The molecule has 0 radical (unpaired) electrons. The first-order chi connectivity index (χ1) is 14.2. The molecule has 2 aliphatic carbocycles. The first-order valence-corrected chi connectivity index (χ1v) is 12.2. The van der Waals surface area contributed by atoms with Crippen LogP contribution in [0.2, 0.25) is 0 Å². The van der Waals surface area contributed by atoms with Crippen molar-refractivity contribution in [1.29, 1.82) is 0 Å². The predicted octanol–water partition coefficient (Wildman–Crippen LogP) is 4.59. The molecule has 0 bridgehead atoms. The quantitative estimate of drug-likeness (QED) is 0.626. The highest BCUT2D eigenvalue weighted by Gasteiger charge is 2.33. The number of hydrogen-bond donors (Lipinski definition) is 2. The Labute approximate surface area is 179 Å². The van der Waals surface area contributed by atoms with Gasteiger partial charge in [0, 0.05) is 29.4 Å². The summed E-state index contributed by atoms with van der Waals surface area (Å²) in [7, 11) is -3.30. The lowest BCUT2D eigenvalue weighted by Crippen LogP contribution is -2.46. The van der Waals surface area contributed by atoms with Crippen LogP contribution in [0.1, 0.15) is 62.4 Å². The van der Waals surface area contributed by atoms with E-state index in [4.69, 9.17) is 0 Å². The van der Waals surface area contributed by atoms with Crippen LogP contribution in [-0.2, 0) is 10.0 Å². The van der Waals surface area contributed by atoms with Crippen molar-refractivity contribution in [3.05, 3.63) is 53.6 Å². The van der Waals surface area contributed by atoms with Gasteiger partial charge in [-0.3, -0.25) is 4.79 Å². The molecule has 0 aromatic heterocycles. The number of carbonyl (C=O) groups excluding carboxylic acids is 1. The molecule has 2 N–H and O–H groups in total. The number of fused-ring (bicyclic) bond motifs is 3. The maximum absolute atomic E-state index is 12.7. The van der Waals surface area contributed by atoms with Crippen molar-refractivity contribution in [2.45, 2.75) is 57.2 Å². The Balaban J connectivity index is 1.33. The van der Waals surface area contributed by atoms with E-state index < -0.39 is 14.8 Å². The fourth-order valence-corrected chi connectivity index (χ4v) is 5.31. The molecule has 5 nitrogen and oxygen atoms in total. The van der Waals surface area contributed by atoms with E-state index in [1.165, 1.54) is 0 Å². The van der Waals surface area contributed by atoms with Crippen molar-refractivity contribution in [2.24, 2.45) is 5.92 Å². The van der Waals surface area contributed by atoms with E-state index >= 15 is 0 Å². The monoisotopic (exact) mass is 426 g/mol. The normalized spacial score (nSPS) is 21.2. The molecule has 1 saturated carbocycles. The summed E-state index contributed by atoms with van der Waals surface area (Å²) in [5.74, 6) is 0.595. The number of sulfonamides is 1. The highest BCUT2D eigenvalue weighted by Crippen LogP contribution is 2.37. The minimum atomic E-state index is -3.30. The van der Waals surface area contributed by atoms with Gasteiger partial charge in [0.1, 0.15) is 0 Å². The molecule has 2 aromatic carbocycles. The fourth-order valence-electron chi connectivity index (χ4n) is 4.28. The van der Waals surface area contributed by atoms with Crippen LogP contribution >= 0.6 is 0 Å². The first kappa shape index (κ1) is 21.1. The number of anilines is 1. The largest absolute Gasteiger partial charge is 0.385 e. The van der Waals surface area contributed by atoms with Crippen LogP contribution in [0.25, 0.3) is 11.1 Å². The number of ketones is 1. The number of nitrogens with one attached hydrogen (secondary N) is 2. The van der Waals surface area contributed by atoms with E-state index in [2.05, 4.69) is 10.0 Å². The van der Waals surface area contributed by atoms with Gasteiger partial charge in [-0.15, -0.1) is 0 Å². The summed E-state index contributed by atoms with van der Waals surface area (Å²) in [4.78, 5) is 12.7. The van der Waals surface area contributed by atoms with Crippen molar-refractivity contribution < 1.29 is 13.2 Å². The zero-order valence-electron chi connectivity index (χ0n) is 17.9. The fraction of sp³-hybridized carbons (Fsp3) is 0.458. The smallest absolute Gasteiger partial charge is 0.216 e. The lowest BCUT2D eigenvalue weighted by Gasteiger charge is -2.31. The van der Waals surface area contributed by atoms with Crippen molar-refractivity contribution >= 4 is 21.5 Å². The van der Waals surface area contributed by atoms with Crippen molar-refractivity contribution in [3.8, 4) is 11.1 Å². The zero-order valence-corrected chi connectivity index (χ0v) is 18.7. The van der Waals surface area contributed by atoms with Gasteiger partial charge in [-0.05, 0) is 75.6 Å². The second-order valence-corrected chi connectivity index (χ2v) is 11.9. The second-order valence-electron chi connectivity index (χ2n) is 9.47. The minimum absolute atomic E-state index is 0.0293. The van der Waals surface area contributed by atoms with Gasteiger partial charge in [0.2, 0.25) is 10.0 Å².